The van der Waals surface area contributed by atoms with Gasteiger partial charge in [0.2, 0.25) is 0 Å². The first-order chi connectivity index (χ1) is 8.17. The molecule has 94 valence electrons. The molecule has 0 aromatic heterocycles. The molecule has 1 aromatic rings. The van der Waals surface area contributed by atoms with Crippen molar-refractivity contribution in [1.82, 2.24) is 0 Å². The highest BCUT2D eigenvalue weighted by molar-refractivity contribution is 6.31. The van der Waals surface area contributed by atoms with E-state index in [9.17, 15) is 4.39 Å². The summed E-state index contributed by atoms with van der Waals surface area (Å²) >= 11 is 12.1. The molecule has 0 radical (unpaired) electrons. The summed E-state index contributed by atoms with van der Waals surface area (Å²) in [6, 6.07) is 4.94. The Morgan fingerprint density at radius 3 is 2.65 bits per heavy atom. The molecule has 1 saturated heterocycles. The minimum absolute atomic E-state index is 0.00274. The minimum Gasteiger partial charge on any atom is -0.381 e. The summed E-state index contributed by atoms with van der Waals surface area (Å²) in [7, 11) is 0. The van der Waals surface area contributed by atoms with Crippen molar-refractivity contribution >= 4 is 23.2 Å². The van der Waals surface area contributed by atoms with Crippen LogP contribution in [-0.2, 0) is 11.2 Å². The number of benzene rings is 1. The fourth-order valence-corrected chi connectivity index (χ4v) is 2.81. The summed E-state index contributed by atoms with van der Waals surface area (Å²) in [6.07, 6.45) is 2.53. The Bertz CT molecular complexity index is 389. The lowest BCUT2D eigenvalue weighted by Crippen LogP contribution is -2.33. The number of ether oxygens (including phenoxy) is 1. The van der Waals surface area contributed by atoms with Gasteiger partial charge in [0.25, 0.3) is 0 Å². The van der Waals surface area contributed by atoms with Gasteiger partial charge in [-0.3, -0.25) is 0 Å². The monoisotopic (exact) mass is 276 g/mol. The second kappa shape index (κ2) is 5.55. The number of hydrogen-bond acceptors (Lipinski definition) is 1. The molecule has 1 aliphatic heterocycles. The van der Waals surface area contributed by atoms with E-state index in [1.807, 2.05) is 6.07 Å². The number of rotatable bonds is 3. The maximum Gasteiger partial charge on any atom is 0.142 e. The van der Waals surface area contributed by atoms with E-state index in [-0.39, 0.29) is 16.3 Å². The molecule has 2 rings (SSSR count). The third-order valence-corrected chi connectivity index (χ3v) is 4.42. The van der Waals surface area contributed by atoms with Crippen molar-refractivity contribution in [3.05, 3.63) is 34.6 Å². The van der Waals surface area contributed by atoms with Crippen molar-refractivity contribution in [3.63, 3.8) is 0 Å². The fourth-order valence-electron chi connectivity index (χ4n) is 2.25. The van der Waals surface area contributed by atoms with E-state index in [1.165, 1.54) is 6.07 Å². The van der Waals surface area contributed by atoms with Crippen LogP contribution in [0.2, 0.25) is 5.02 Å². The zero-order valence-corrected chi connectivity index (χ0v) is 11.0. The van der Waals surface area contributed by atoms with E-state index in [2.05, 4.69) is 0 Å². The van der Waals surface area contributed by atoms with Gasteiger partial charge in [-0.2, -0.15) is 0 Å². The van der Waals surface area contributed by atoms with E-state index in [0.29, 0.717) is 5.88 Å². The van der Waals surface area contributed by atoms with Crippen molar-refractivity contribution < 1.29 is 9.13 Å². The molecule has 4 heteroatoms. The molecule has 1 heterocycles. The molecule has 0 spiro atoms. The molecule has 0 amide bonds. The summed E-state index contributed by atoms with van der Waals surface area (Å²) in [6.45, 7) is 1.44. The molecule has 1 fully saturated rings. The second-order valence-electron chi connectivity index (χ2n) is 4.64. The van der Waals surface area contributed by atoms with Crippen LogP contribution in [0.5, 0.6) is 0 Å². The van der Waals surface area contributed by atoms with Gasteiger partial charge in [-0.05, 0) is 36.3 Å². The molecule has 1 aromatic carbocycles. The Morgan fingerprint density at radius 2 is 2.00 bits per heavy atom. The first-order valence-corrected chi connectivity index (χ1v) is 6.65. The summed E-state index contributed by atoms with van der Waals surface area (Å²) in [4.78, 5) is 0. The van der Waals surface area contributed by atoms with Crippen LogP contribution in [0.25, 0.3) is 0 Å². The summed E-state index contributed by atoms with van der Waals surface area (Å²) in [5.41, 5.74) is 0.839. The molecule has 1 nitrogen and oxygen atoms in total. The van der Waals surface area contributed by atoms with E-state index < -0.39 is 0 Å². The van der Waals surface area contributed by atoms with Crippen molar-refractivity contribution in [2.45, 2.75) is 19.3 Å². The fraction of sp³-hybridized carbons (Fsp3) is 0.538. The molecular weight excluding hydrogens is 262 g/mol. The van der Waals surface area contributed by atoms with Crippen LogP contribution in [0.4, 0.5) is 4.39 Å². The second-order valence-corrected chi connectivity index (χ2v) is 5.28. The molecule has 17 heavy (non-hydrogen) atoms. The molecule has 0 aliphatic carbocycles. The number of halogens is 3. The van der Waals surface area contributed by atoms with Crippen molar-refractivity contribution in [3.8, 4) is 0 Å². The van der Waals surface area contributed by atoms with Crippen LogP contribution < -0.4 is 0 Å². The summed E-state index contributed by atoms with van der Waals surface area (Å²) < 4.78 is 18.7. The zero-order chi connectivity index (χ0) is 12.3. The average Bonchev–Trinajstić information content (AvgIpc) is 2.36. The van der Waals surface area contributed by atoms with Crippen LogP contribution in [-0.4, -0.2) is 19.1 Å². The first-order valence-electron chi connectivity index (χ1n) is 5.73. The summed E-state index contributed by atoms with van der Waals surface area (Å²) in [5, 5.41) is 0.225. The first kappa shape index (κ1) is 13.1. The van der Waals surface area contributed by atoms with Gasteiger partial charge >= 0.3 is 0 Å². The lowest BCUT2D eigenvalue weighted by atomic mass is 9.77. The Morgan fingerprint density at radius 1 is 1.29 bits per heavy atom. The van der Waals surface area contributed by atoms with Gasteiger partial charge < -0.3 is 4.74 Å². The van der Waals surface area contributed by atoms with Crippen molar-refractivity contribution in [2.75, 3.05) is 19.1 Å². The molecule has 0 saturated carbocycles. The largest absolute Gasteiger partial charge is 0.381 e. The van der Waals surface area contributed by atoms with E-state index in [0.717, 1.165) is 38.0 Å². The van der Waals surface area contributed by atoms with Gasteiger partial charge in [-0.1, -0.05) is 23.7 Å². The van der Waals surface area contributed by atoms with Gasteiger partial charge in [0.1, 0.15) is 5.82 Å². The van der Waals surface area contributed by atoms with Crippen molar-refractivity contribution in [2.24, 2.45) is 5.41 Å². The van der Waals surface area contributed by atoms with E-state index >= 15 is 0 Å². The molecular formula is C13H15Cl2FO. The maximum absolute atomic E-state index is 13.4. The highest BCUT2D eigenvalue weighted by Crippen LogP contribution is 2.37. The van der Waals surface area contributed by atoms with E-state index in [4.69, 9.17) is 27.9 Å². The SMILES string of the molecule is Fc1cccc(CC2(CCl)CCOCC2)c1Cl. The zero-order valence-electron chi connectivity index (χ0n) is 9.52. The Labute approximate surface area is 111 Å². The van der Waals surface area contributed by atoms with Gasteiger partial charge in [-0.25, -0.2) is 4.39 Å². The van der Waals surface area contributed by atoms with E-state index in [1.54, 1.807) is 6.07 Å². The third kappa shape index (κ3) is 2.93. The standard InChI is InChI=1S/C13H15Cl2FO/c14-9-13(4-6-17-7-5-13)8-10-2-1-3-11(16)12(10)15/h1-3H,4-9H2. The highest BCUT2D eigenvalue weighted by Gasteiger charge is 2.32. The maximum atomic E-state index is 13.4. The van der Waals surface area contributed by atoms with Gasteiger partial charge in [-0.15, -0.1) is 11.6 Å². The van der Waals surface area contributed by atoms with Crippen LogP contribution >= 0.6 is 23.2 Å². The van der Waals surface area contributed by atoms with Crippen LogP contribution in [0.15, 0.2) is 18.2 Å². The Hall–Kier alpha value is -0.310. The topological polar surface area (TPSA) is 9.23 Å². The van der Waals surface area contributed by atoms with Crippen LogP contribution in [0.1, 0.15) is 18.4 Å². The normalized spacial score (nSPS) is 19.2. The molecule has 0 N–H and O–H groups in total. The third-order valence-electron chi connectivity index (χ3n) is 3.43. The smallest absolute Gasteiger partial charge is 0.142 e. The lowest BCUT2D eigenvalue weighted by Gasteiger charge is -2.35. The summed E-state index contributed by atoms with van der Waals surface area (Å²) in [5.74, 6) is 0.198. The van der Waals surface area contributed by atoms with Crippen molar-refractivity contribution in [1.29, 1.82) is 0 Å². The van der Waals surface area contributed by atoms with Crippen LogP contribution in [0.3, 0.4) is 0 Å². The Kier molecular flexibility index (Phi) is 4.29. The van der Waals surface area contributed by atoms with Gasteiger partial charge in [0.05, 0.1) is 5.02 Å². The molecule has 0 bridgehead atoms. The van der Waals surface area contributed by atoms with Gasteiger partial charge in [0.15, 0.2) is 0 Å². The molecule has 0 unspecified atom stereocenters. The average molecular weight is 277 g/mol. The van der Waals surface area contributed by atoms with Gasteiger partial charge in [0, 0.05) is 19.1 Å². The predicted molar refractivity (Wildman–Crippen MR) is 68.3 cm³/mol. The number of hydrogen-bond donors (Lipinski definition) is 0. The predicted octanol–water partition coefficient (Wildman–Crippen LogP) is 4.06. The number of alkyl halides is 1. The molecule has 1 aliphatic rings. The minimum atomic E-state index is -0.360. The molecule has 0 atom stereocenters. The highest BCUT2D eigenvalue weighted by atomic mass is 35.5. The van der Waals surface area contributed by atoms with Crippen LogP contribution in [0, 0.1) is 11.2 Å². The lowest BCUT2D eigenvalue weighted by molar-refractivity contribution is 0.0257. The quantitative estimate of drug-likeness (QED) is 0.757. The Balaban J connectivity index is 2.20.